The highest BCUT2D eigenvalue weighted by Crippen LogP contribution is 2.32. The molecular formula is C22H26N2O5S. The Bertz CT molecular complexity index is 1020. The van der Waals surface area contributed by atoms with E-state index in [1.165, 1.54) is 4.31 Å². The predicted molar refractivity (Wildman–Crippen MR) is 112 cm³/mol. The molecule has 2 aromatic rings. The molecule has 0 saturated carbocycles. The van der Waals surface area contributed by atoms with E-state index in [1.807, 2.05) is 25.1 Å². The minimum absolute atomic E-state index is 0.148. The zero-order valence-corrected chi connectivity index (χ0v) is 17.8. The number of aryl methyl sites for hydroxylation is 1. The first kappa shape index (κ1) is 20.7. The molecule has 7 nitrogen and oxygen atoms in total. The average molecular weight is 431 g/mol. The van der Waals surface area contributed by atoms with Gasteiger partial charge in [0, 0.05) is 25.6 Å². The van der Waals surface area contributed by atoms with Gasteiger partial charge >= 0.3 is 0 Å². The zero-order chi connectivity index (χ0) is 21.1. The smallest absolute Gasteiger partial charge is 0.243 e. The molecule has 160 valence electrons. The van der Waals surface area contributed by atoms with E-state index in [0.717, 1.165) is 24.0 Å². The molecule has 1 atom stereocenters. The summed E-state index contributed by atoms with van der Waals surface area (Å²) in [5, 5.41) is 2.90. The number of nitrogens with one attached hydrogen (secondary N) is 1. The number of ether oxygens (including phenoxy) is 2. The van der Waals surface area contributed by atoms with E-state index in [-0.39, 0.29) is 30.1 Å². The van der Waals surface area contributed by atoms with Crippen molar-refractivity contribution in [2.24, 2.45) is 0 Å². The van der Waals surface area contributed by atoms with Gasteiger partial charge in [-0.3, -0.25) is 4.79 Å². The van der Waals surface area contributed by atoms with Gasteiger partial charge in [0.2, 0.25) is 22.7 Å². The van der Waals surface area contributed by atoms with E-state index in [4.69, 9.17) is 9.47 Å². The van der Waals surface area contributed by atoms with E-state index in [9.17, 15) is 13.2 Å². The summed E-state index contributed by atoms with van der Waals surface area (Å²) >= 11 is 0. The molecule has 1 N–H and O–H groups in total. The van der Waals surface area contributed by atoms with Crippen molar-refractivity contribution < 1.29 is 22.7 Å². The Morgan fingerprint density at radius 2 is 1.87 bits per heavy atom. The topological polar surface area (TPSA) is 84.9 Å². The van der Waals surface area contributed by atoms with Gasteiger partial charge in [0.05, 0.1) is 4.90 Å². The van der Waals surface area contributed by atoms with Crippen LogP contribution >= 0.6 is 0 Å². The van der Waals surface area contributed by atoms with Crippen LogP contribution in [0.3, 0.4) is 0 Å². The van der Waals surface area contributed by atoms with Gasteiger partial charge in [-0.1, -0.05) is 30.2 Å². The van der Waals surface area contributed by atoms with Gasteiger partial charge in [-0.2, -0.15) is 4.31 Å². The lowest BCUT2D eigenvalue weighted by Crippen LogP contribution is -2.45. The third-order valence-electron chi connectivity index (χ3n) is 5.55. The number of fused-ring (bicyclic) bond motifs is 1. The van der Waals surface area contributed by atoms with Crippen molar-refractivity contribution in [2.45, 2.75) is 50.1 Å². The van der Waals surface area contributed by atoms with Gasteiger partial charge in [0.1, 0.15) is 0 Å². The van der Waals surface area contributed by atoms with Crippen molar-refractivity contribution in [2.75, 3.05) is 13.3 Å². The Balaban J connectivity index is 1.40. The highest BCUT2D eigenvalue weighted by Gasteiger charge is 2.34. The molecule has 4 rings (SSSR count). The van der Waals surface area contributed by atoms with Crippen LogP contribution in [0.15, 0.2) is 47.4 Å². The number of carbonyl (C=O) groups is 1. The van der Waals surface area contributed by atoms with Crippen LogP contribution in [0, 0.1) is 6.92 Å². The maximum Gasteiger partial charge on any atom is 0.243 e. The SMILES string of the molecule is Cc1ccc(S(=O)(=O)N2CCCC[C@@H]2CC(=O)NCc2ccc3c(c2)OCO3)cc1. The molecule has 1 saturated heterocycles. The fourth-order valence-electron chi connectivity index (χ4n) is 3.88. The quantitative estimate of drug-likeness (QED) is 0.762. The second-order valence-corrected chi connectivity index (χ2v) is 9.64. The van der Waals surface area contributed by atoms with Gasteiger partial charge in [0.25, 0.3) is 0 Å². The largest absolute Gasteiger partial charge is 0.454 e. The monoisotopic (exact) mass is 430 g/mol. The molecular weight excluding hydrogens is 404 g/mol. The normalized spacial score (nSPS) is 18.9. The third-order valence-corrected chi connectivity index (χ3v) is 7.51. The number of benzene rings is 2. The number of sulfonamides is 1. The van der Waals surface area contributed by atoms with Crippen LogP contribution in [0.4, 0.5) is 0 Å². The number of piperidine rings is 1. The summed E-state index contributed by atoms with van der Waals surface area (Å²) in [6.45, 7) is 2.92. The van der Waals surface area contributed by atoms with Gasteiger partial charge in [-0.25, -0.2) is 8.42 Å². The van der Waals surface area contributed by atoms with Gasteiger partial charge in [-0.05, 0) is 49.6 Å². The van der Waals surface area contributed by atoms with Gasteiger partial charge in [0.15, 0.2) is 11.5 Å². The van der Waals surface area contributed by atoms with Crippen LogP contribution in [0.2, 0.25) is 0 Å². The van der Waals surface area contributed by atoms with Crippen LogP contribution in [0.5, 0.6) is 11.5 Å². The molecule has 0 unspecified atom stereocenters. The standard InChI is InChI=1S/C22H26N2O5S/c1-16-5-8-19(9-6-16)30(26,27)24-11-3-2-4-18(24)13-22(25)23-14-17-7-10-20-21(12-17)29-15-28-20/h5-10,12,18H,2-4,11,13-15H2,1H3,(H,23,25)/t18-/m1/s1. The number of amides is 1. The molecule has 2 heterocycles. The lowest BCUT2D eigenvalue weighted by atomic mass is 10.0. The van der Waals surface area contributed by atoms with Crippen LogP contribution in [-0.4, -0.2) is 38.0 Å². The lowest BCUT2D eigenvalue weighted by Gasteiger charge is -2.34. The number of rotatable bonds is 6. The highest BCUT2D eigenvalue weighted by molar-refractivity contribution is 7.89. The summed E-state index contributed by atoms with van der Waals surface area (Å²) in [7, 11) is -3.62. The van der Waals surface area contributed by atoms with Gasteiger partial charge in [-0.15, -0.1) is 0 Å². The molecule has 2 aliphatic heterocycles. The van der Waals surface area contributed by atoms with Gasteiger partial charge < -0.3 is 14.8 Å². The Hall–Kier alpha value is -2.58. The Kier molecular flexibility index (Phi) is 5.97. The molecule has 1 fully saturated rings. The summed E-state index contributed by atoms with van der Waals surface area (Å²) < 4.78 is 38.4. The number of hydrogen-bond donors (Lipinski definition) is 1. The highest BCUT2D eigenvalue weighted by atomic mass is 32.2. The molecule has 0 radical (unpaired) electrons. The molecule has 0 aromatic heterocycles. The molecule has 2 aliphatic rings. The molecule has 0 aliphatic carbocycles. The Labute approximate surface area is 177 Å². The first-order chi connectivity index (χ1) is 14.4. The van der Waals surface area contributed by atoms with Crippen molar-refractivity contribution in [1.29, 1.82) is 0 Å². The van der Waals surface area contributed by atoms with Crippen molar-refractivity contribution >= 4 is 15.9 Å². The first-order valence-electron chi connectivity index (χ1n) is 10.2. The van der Waals surface area contributed by atoms with Crippen molar-refractivity contribution in [3.05, 3.63) is 53.6 Å². The minimum atomic E-state index is -3.62. The first-order valence-corrected chi connectivity index (χ1v) is 11.6. The van der Waals surface area contributed by atoms with Crippen LogP contribution in [-0.2, 0) is 21.4 Å². The van der Waals surface area contributed by atoms with Crippen LogP contribution in [0.1, 0.15) is 36.8 Å². The zero-order valence-electron chi connectivity index (χ0n) is 17.0. The summed E-state index contributed by atoms with van der Waals surface area (Å²) in [6, 6.07) is 12.1. The Morgan fingerprint density at radius 1 is 1.10 bits per heavy atom. The van der Waals surface area contributed by atoms with Crippen LogP contribution in [0.25, 0.3) is 0 Å². The van der Waals surface area contributed by atoms with Crippen molar-refractivity contribution in [1.82, 2.24) is 9.62 Å². The van der Waals surface area contributed by atoms with Crippen molar-refractivity contribution in [3.8, 4) is 11.5 Å². The number of nitrogens with zero attached hydrogens (tertiary/aromatic N) is 1. The second-order valence-electron chi connectivity index (χ2n) is 7.75. The molecule has 1 amide bonds. The summed E-state index contributed by atoms with van der Waals surface area (Å²) in [6.07, 6.45) is 2.55. The predicted octanol–water partition coefficient (Wildman–Crippen LogP) is 2.97. The summed E-state index contributed by atoms with van der Waals surface area (Å²) in [5.41, 5.74) is 1.91. The number of carbonyl (C=O) groups excluding carboxylic acids is 1. The van der Waals surface area contributed by atoms with E-state index in [2.05, 4.69) is 5.32 Å². The van der Waals surface area contributed by atoms with Crippen molar-refractivity contribution in [3.63, 3.8) is 0 Å². The third kappa shape index (κ3) is 4.44. The lowest BCUT2D eigenvalue weighted by molar-refractivity contribution is -0.122. The minimum Gasteiger partial charge on any atom is -0.454 e. The fraction of sp³-hybridized carbons (Fsp3) is 0.409. The average Bonchev–Trinajstić information content (AvgIpc) is 3.21. The maximum atomic E-state index is 13.1. The maximum absolute atomic E-state index is 13.1. The Morgan fingerprint density at radius 3 is 2.67 bits per heavy atom. The van der Waals surface area contributed by atoms with E-state index in [0.29, 0.717) is 31.0 Å². The van der Waals surface area contributed by atoms with Crippen LogP contribution < -0.4 is 14.8 Å². The molecule has 2 aromatic carbocycles. The molecule has 0 bridgehead atoms. The molecule has 0 spiro atoms. The second kappa shape index (κ2) is 8.65. The molecule has 8 heteroatoms. The summed E-state index contributed by atoms with van der Waals surface area (Å²) in [4.78, 5) is 12.9. The van der Waals surface area contributed by atoms with E-state index >= 15 is 0 Å². The summed E-state index contributed by atoms with van der Waals surface area (Å²) in [5.74, 6) is 1.21. The molecule has 30 heavy (non-hydrogen) atoms. The van der Waals surface area contributed by atoms with E-state index < -0.39 is 10.0 Å². The fourth-order valence-corrected chi connectivity index (χ4v) is 5.57. The van der Waals surface area contributed by atoms with E-state index in [1.54, 1.807) is 24.3 Å². The number of hydrogen-bond acceptors (Lipinski definition) is 5.